The highest BCUT2D eigenvalue weighted by molar-refractivity contribution is 5.95. The van der Waals surface area contributed by atoms with Gasteiger partial charge < -0.3 is 25.9 Å². The van der Waals surface area contributed by atoms with Gasteiger partial charge in [0.05, 0.1) is 19.2 Å². The lowest BCUT2D eigenvalue weighted by atomic mass is 9.84. The number of aromatic nitrogens is 1. The Bertz CT molecular complexity index is 1010. The van der Waals surface area contributed by atoms with Crippen LogP contribution < -0.4 is 16.4 Å². The molecule has 39 heavy (non-hydrogen) atoms. The first-order valence-corrected chi connectivity index (χ1v) is 14.0. The van der Waals surface area contributed by atoms with Gasteiger partial charge in [-0.2, -0.15) is 0 Å². The molecular weight excluding hydrogens is 500 g/mol. The zero-order valence-corrected chi connectivity index (χ0v) is 22.8. The highest BCUT2D eigenvalue weighted by atomic mass is 16.5. The number of oxime groups is 1. The molecule has 1 saturated carbocycles. The van der Waals surface area contributed by atoms with Crippen LogP contribution in [0.5, 0.6) is 0 Å². The van der Waals surface area contributed by atoms with E-state index in [-0.39, 0.29) is 36.7 Å². The summed E-state index contributed by atoms with van der Waals surface area (Å²) in [6, 6.07) is 2.11. The summed E-state index contributed by atoms with van der Waals surface area (Å²) in [6.07, 6.45) is 13.8. The molecule has 1 aromatic heterocycles. The van der Waals surface area contributed by atoms with Crippen molar-refractivity contribution in [2.24, 2.45) is 16.8 Å². The van der Waals surface area contributed by atoms with Gasteiger partial charge in [-0.3, -0.25) is 24.7 Å². The molecule has 11 nitrogen and oxygen atoms in total. The van der Waals surface area contributed by atoms with Gasteiger partial charge in [-0.25, -0.2) is 0 Å². The Kier molecular flexibility index (Phi) is 12.2. The first kappa shape index (κ1) is 30.1. The van der Waals surface area contributed by atoms with Crippen molar-refractivity contribution in [2.45, 2.75) is 83.3 Å². The molecule has 0 aromatic carbocycles. The van der Waals surface area contributed by atoms with E-state index in [1.54, 1.807) is 23.2 Å². The number of ether oxygens (including phenoxy) is 1. The van der Waals surface area contributed by atoms with E-state index in [9.17, 15) is 14.4 Å². The third kappa shape index (κ3) is 9.35. The molecule has 2 aliphatic rings. The normalized spacial score (nSPS) is 18.9. The minimum Gasteiger partial charge on any atom is -0.465 e. The molecule has 0 radical (unpaired) electrons. The van der Waals surface area contributed by atoms with Crippen LogP contribution in [0.4, 0.5) is 0 Å². The van der Waals surface area contributed by atoms with Gasteiger partial charge in [0.15, 0.2) is 5.84 Å². The minimum absolute atomic E-state index is 0.0398. The summed E-state index contributed by atoms with van der Waals surface area (Å²) in [6.45, 7) is 2.91. The van der Waals surface area contributed by atoms with E-state index in [1.807, 2.05) is 19.1 Å². The lowest BCUT2D eigenvalue weighted by Crippen LogP contribution is -2.56. The van der Waals surface area contributed by atoms with Gasteiger partial charge in [-0.05, 0) is 36.8 Å². The average Bonchev–Trinajstić information content (AvgIpc) is 2.98. The smallest absolute Gasteiger partial charge is 0.319 e. The molecule has 1 aliphatic carbocycles. The Morgan fingerprint density at radius 2 is 2.03 bits per heavy atom. The summed E-state index contributed by atoms with van der Waals surface area (Å²) >= 11 is 0. The summed E-state index contributed by atoms with van der Waals surface area (Å²) in [5, 5.41) is 17.8. The summed E-state index contributed by atoms with van der Waals surface area (Å²) in [7, 11) is 0. The van der Waals surface area contributed by atoms with Crippen molar-refractivity contribution in [3.05, 3.63) is 41.7 Å². The molecule has 0 saturated heterocycles. The Labute approximate surface area is 230 Å². The molecule has 0 spiro atoms. The zero-order chi connectivity index (χ0) is 28.0. The highest BCUT2D eigenvalue weighted by Gasteiger charge is 2.35. The molecule has 1 aromatic rings. The van der Waals surface area contributed by atoms with Gasteiger partial charge in [0.25, 0.3) is 0 Å². The van der Waals surface area contributed by atoms with Gasteiger partial charge in [-0.15, -0.1) is 0 Å². The van der Waals surface area contributed by atoms with Crippen molar-refractivity contribution in [3.63, 3.8) is 0 Å². The number of nitrogens with zero attached hydrogens (tertiary/aromatic N) is 3. The van der Waals surface area contributed by atoms with E-state index in [4.69, 9.17) is 15.7 Å². The summed E-state index contributed by atoms with van der Waals surface area (Å²) in [5.74, 6) is -0.493. The molecule has 214 valence electrons. The number of amides is 2. The maximum absolute atomic E-state index is 13.8. The molecule has 2 heterocycles. The van der Waals surface area contributed by atoms with Crippen LogP contribution in [0.25, 0.3) is 0 Å². The van der Waals surface area contributed by atoms with Crippen LogP contribution in [0, 0.1) is 5.92 Å². The van der Waals surface area contributed by atoms with Gasteiger partial charge in [0, 0.05) is 19.3 Å². The zero-order valence-electron chi connectivity index (χ0n) is 22.8. The molecule has 1 fully saturated rings. The van der Waals surface area contributed by atoms with E-state index >= 15 is 0 Å². The van der Waals surface area contributed by atoms with E-state index in [0.29, 0.717) is 37.6 Å². The van der Waals surface area contributed by atoms with Crippen LogP contribution in [0.15, 0.2) is 35.6 Å². The van der Waals surface area contributed by atoms with E-state index in [2.05, 4.69) is 20.8 Å². The Morgan fingerprint density at radius 3 is 2.72 bits per heavy atom. The van der Waals surface area contributed by atoms with E-state index in [0.717, 1.165) is 44.1 Å². The highest BCUT2D eigenvalue weighted by Crippen LogP contribution is 2.28. The van der Waals surface area contributed by atoms with E-state index in [1.165, 1.54) is 6.42 Å². The van der Waals surface area contributed by atoms with Crippen molar-refractivity contribution < 1.29 is 24.3 Å². The number of amidine groups is 1. The maximum atomic E-state index is 13.8. The number of unbranched alkanes of at least 4 members (excludes halogenated alkanes) is 1. The fourth-order valence-corrected chi connectivity index (χ4v) is 5.01. The molecule has 11 heteroatoms. The molecule has 1 aliphatic heterocycles. The predicted octanol–water partition coefficient (Wildman–Crippen LogP) is 2.22. The number of nitrogens with two attached hydrogens (primary N) is 1. The second-order valence-electron chi connectivity index (χ2n) is 10.2. The molecule has 3 rings (SSSR count). The lowest BCUT2D eigenvalue weighted by molar-refractivity contribution is -0.145. The number of hydrogen-bond acceptors (Lipinski definition) is 8. The van der Waals surface area contributed by atoms with Crippen molar-refractivity contribution in [3.8, 4) is 0 Å². The van der Waals surface area contributed by atoms with Crippen LogP contribution in [0.3, 0.4) is 0 Å². The molecule has 2 atom stereocenters. The van der Waals surface area contributed by atoms with Crippen LogP contribution >= 0.6 is 0 Å². The molecule has 5 N–H and O–H groups in total. The van der Waals surface area contributed by atoms with E-state index < -0.39 is 12.1 Å². The summed E-state index contributed by atoms with van der Waals surface area (Å²) in [4.78, 5) is 45.0. The topological polar surface area (TPSA) is 159 Å². The Hall–Kier alpha value is -3.47. The molecule has 2 amide bonds. The van der Waals surface area contributed by atoms with Gasteiger partial charge >= 0.3 is 5.97 Å². The maximum Gasteiger partial charge on any atom is 0.319 e. The quantitative estimate of drug-likeness (QED) is 0.0562. The number of hydrogen-bond donors (Lipinski definition) is 4. The van der Waals surface area contributed by atoms with Crippen LogP contribution in [0.2, 0.25) is 0 Å². The van der Waals surface area contributed by atoms with Crippen LogP contribution in [-0.2, 0) is 25.7 Å². The van der Waals surface area contributed by atoms with Crippen LogP contribution in [0.1, 0.15) is 76.0 Å². The number of nitrogens with one attached hydrogen (secondary N) is 2. The first-order valence-electron chi connectivity index (χ1n) is 14.0. The SMILES string of the molecule is CCCCOC(=O)CNC(CC1CCCCC1)C(=O)N1CC=CCC1C(=O)NCc1ccc(/C(N)=N\O)nc1. The van der Waals surface area contributed by atoms with Crippen molar-refractivity contribution in [1.82, 2.24) is 20.5 Å². The standard InChI is InChI=1S/C28H42N6O5/c1-2-3-15-39-25(35)19-31-23(16-20-9-5-4-6-10-20)28(37)34-14-8-7-11-24(34)27(36)32-18-21-12-13-22(30-17-21)26(29)33-38/h7-8,12-13,17,20,23-24,31,38H,2-6,9-11,14-16,18-19H2,1H3,(H2,29,33)(H,32,36). The monoisotopic (exact) mass is 542 g/mol. The lowest BCUT2D eigenvalue weighted by Gasteiger charge is -2.36. The Morgan fingerprint density at radius 1 is 1.23 bits per heavy atom. The van der Waals surface area contributed by atoms with Gasteiger partial charge in [0.1, 0.15) is 11.7 Å². The van der Waals surface area contributed by atoms with Crippen molar-refractivity contribution in [1.29, 1.82) is 0 Å². The van der Waals surface area contributed by atoms with Gasteiger partial charge in [-0.1, -0.05) is 68.8 Å². The minimum atomic E-state index is -0.654. The second-order valence-corrected chi connectivity index (χ2v) is 10.2. The summed E-state index contributed by atoms with van der Waals surface area (Å²) in [5.41, 5.74) is 6.61. The number of carbonyl (C=O) groups is 3. The predicted molar refractivity (Wildman–Crippen MR) is 147 cm³/mol. The molecule has 0 bridgehead atoms. The number of esters is 1. The number of carbonyl (C=O) groups excluding carboxylic acids is 3. The van der Waals surface area contributed by atoms with Gasteiger partial charge in [0.2, 0.25) is 11.8 Å². The second kappa shape index (κ2) is 15.8. The van der Waals surface area contributed by atoms with Crippen LogP contribution in [-0.4, -0.2) is 70.5 Å². The van der Waals surface area contributed by atoms with Crippen molar-refractivity contribution >= 4 is 23.6 Å². The summed E-state index contributed by atoms with van der Waals surface area (Å²) < 4.78 is 5.28. The Balaban J connectivity index is 1.64. The number of pyridine rings is 1. The molecule has 2 unspecified atom stereocenters. The van der Waals surface area contributed by atoms with Crippen molar-refractivity contribution in [2.75, 3.05) is 19.7 Å². The fraction of sp³-hybridized carbons (Fsp3) is 0.607. The third-order valence-corrected chi connectivity index (χ3v) is 7.30. The average molecular weight is 543 g/mol. The molecular formula is C28H42N6O5. The largest absolute Gasteiger partial charge is 0.465 e. The third-order valence-electron chi connectivity index (χ3n) is 7.30. The number of rotatable bonds is 13. The first-order chi connectivity index (χ1) is 18.9. The fourth-order valence-electron chi connectivity index (χ4n) is 5.01.